The first-order valence-corrected chi connectivity index (χ1v) is 10.8. The van der Waals surface area contributed by atoms with Crippen LogP contribution in [0.15, 0.2) is 55.0 Å². The fourth-order valence-electron chi connectivity index (χ4n) is 4.00. The van der Waals surface area contributed by atoms with Crippen LogP contribution >= 0.6 is 0 Å². The molecule has 0 spiro atoms. The maximum absolute atomic E-state index is 13.0. The zero-order valence-corrected chi connectivity index (χ0v) is 18.6. The van der Waals surface area contributed by atoms with Crippen molar-refractivity contribution in [3.05, 3.63) is 60.7 Å². The highest BCUT2D eigenvalue weighted by Gasteiger charge is 2.18. The first kappa shape index (κ1) is 20.9. The van der Waals surface area contributed by atoms with Crippen LogP contribution in [0.5, 0.6) is 5.75 Å². The average molecular weight is 444 g/mol. The number of nitrogens with zero attached hydrogens (tertiary/aromatic N) is 5. The highest BCUT2D eigenvalue weighted by Crippen LogP contribution is 2.30. The quantitative estimate of drug-likeness (QED) is 0.489. The molecule has 4 heterocycles. The standard InChI is InChI=1S/C24H25N7O2/c1-30-9-11-31(12-10-30)17-5-3-16(4-6-17)27-24(32)23-18-13-20(26-15-21(18)28-29-23)19-14-25-8-7-22(19)33-2/h3-8,13-15H,9-12H2,1-2H3,(H,27,32)(H,28,29). The molecule has 0 unspecified atom stereocenters. The molecule has 4 aromatic rings. The summed E-state index contributed by atoms with van der Waals surface area (Å²) in [7, 11) is 3.74. The molecule has 0 radical (unpaired) electrons. The van der Waals surface area contributed by atoms with Crippen molar-refractivity contribution in [2.75, 3.05) is 50.6 Å². The molecule has 1 aliphatic rings. The Morgan fingerprint density at radius 3 is 2.64 bits per heavy atom. The van der Waals surface area contributed by atoms with E-state index < -0.39 is 0 Å². The number of aromatic amines is 1. The number of carbonyl (C=O) groups excluding carboxylic acids is 1. The van der Waals surface area contributed by atoms with Crippen LogP contribution in [0.3, 0.4) is 0 Å². The number of hydrogen-bond acceptors (Lipinski definition) is 7. The minimum atomic E-state index is -0.288. The summed E-state index contributed by atoms with van der Waals surface area (Å²) in [6.45, 7) is 4.10. The molecule has 1 aliphatic heterocycles. The molecule has 1 fully saturated rings. The number of fused-ring (bicyclic) bond motifs is 1. The molecule has 1 saturated heterocycles. The summed E-state index contributed by atoms with van der Waals surface area (Å²) < 4.78 is 5.42. The Morgan fingerprint density at radius 1 is 1.09 bits per heavy atom. The number of rotatable bonds is 5. The van der Waals surface area contributed by atoms with Gasteiger partial charge in [0.25, 0.3) is 5.91 Å². The van der Waals surface area contributed by atoms with Gasteiger partial charge >= 0.3 is 0 Å². The van der Waals surface area contributed by atoms with Crippen molar-refractivity contribution in [2.24, 2.45) is 0 Å². The van der Waals surface area contributed by atoms with Gasteiger partial charge in [0.05, 0.1) is 30.1 Å². The summed E-state index contributed by atoms with van der Waals surface area (Å²) in [6, 6.07) is 11.5. The van der Waals surface area contributed by atoms with Crippen LogP contribution in [0.1, 0.15) is 10.5 Å². The number of benzene rings is 1. The molecule has 0 atom stereocenters. The number of hydrogen-bond donors (Lipinski definition) is 2. The summed E-state index contributed by atoms with van der Waals surface area (Å²) in [6.07, 6.45) is 5.01. The van der Waals surface area contributed by atoms with Gasteiger partial charge in [0.2, 0.25) is 0 Å². The number of methoxy groups -OCH3 is 1. The van der Waals surface area contributed by atoms with Crippen LogP contribution in [-0.2, 0) is 0 Å². The lowest BCUT2D eigenvalue weighted by atomic mass is 10.1. The van der Waals surface area contributed by atoms with Crippen LogP contribution in [-0.4, -0.2) is 71.3 Å². The number of piperazine rings is 1. The molecule has 5 rings (SSSR count). The van der Waals surface area contributed by atoms with Crippen molar-refractivity contribution in [3.63, 3.8) is 0 Å². The molecule has 2 N–H and O–H groups in total. The largest absolute Gasteiger partial charge is 0.496 e. The van der Waals surface area contributed by atoms with E-state index in [1.165, 1.54) is 0 Å². The number of ether oxygens (including phenoxy) is 1. The van der Waals surface area contributed by atoms with Crippen molar-refractivity contribution in [1.82, 2.24) is 25.1 Å². The summed E-state index contributed by atoms with van der Waals surface area (Å²) in [5.41, 5.74) is 4.26. The Hall–Kier alpha value is -3.98. The number of likely N-dealkylation sites (N-methyl/N-ethyl adjacent to an activating group) is 1. The van der Waals surface area contributed by atoms with Gasteiger partial charge in [0, 0.05) is 55.3 Å². The van der Waals surface area contributed by atoms with Gasteiger partial charge in [-0.1, -0.05) is 0 Å². The lowest BCUT2D eigenvalue weighted by Crippen LogP contribution is -2.44. The van der Waals surface area contributed by atoms with Crippen LogP contribution in [0.2, 0.25) is 0 Å². The Morgan fingerprint density at radius 2 is 1.88 bits per heavy atom. The first-order valence-electron chi connectivity index (χ1n) is 10.8. The van der Waals surface area contributed by atoms with Gasteiger partial charge in [-0.25, -0.2) is 0 Å². The molecule has 9 nitrogen and oxygen atoms in total. The highest BCUT2D eigenvalue weighted by atomic mass is 16.5. The Kier molecular flexibility index (Phi) is 5.62. The fraction of sp³-hybridized carbons (Fsp3) is 0.250. The minimum absolute atomic E-state index is 0.288. The second-order valence-electron chi connectivity index (χ2n) is 8.05. The zero-order valence-electron chi connectivity index (χ0n) is 18.6. The molecule has 3 aromatic heterocycles. The third-order valence-corrected chi connectivity index (χ3v) is 5.93. The fourth-order valence-corrected chi connectivity index (χ4v) is 4.00. The van der Waals surface area contributed by atoms with Gasteiger partial charge in [0.1, 0.15) is 5.75 Å². The molecule has 1 amide bonds. The molecule has 9 heteroatoms. The monoisotopic (exact) mass is 443 g/mol. The first-order chi connectivity index (χ1) is 16.1. The van der Waals surface area contributed by atoms with E-state index in [1.54, 1.807) is 31.8 Å². The molecule has 0 aliphatic carbocycles. The van der Waals surface area contributed by atoms with E-state index in [0.29, 0.717) is 28.0 Å². The van der Waals surface area contributed by atoms with E-state index in [9.17, 15) is 4.79 Å². The summed E-state index contributed by atoms with van der Waals surface area (Å²) >= 11 is 0. The van der Waals surface area contributed by atoms with Gasteiger partial charge in [-0.3, -0.25) is 19.9 Å². The Labute approximate surface area is 191 Å². The predicted octanol–water partition coefficient (Wildman–Crippen LogP) is 3.03. The lowest BCUT2D eigenvalue weighted by Gasteiger charge is -2.34. The average Bonchev–Trinajstić information content (AvgIpc) is 3.28. The van der Waals surface area contributed by atoms with Crippen LogP contribution in [0, 0.1) is 0 Å². The van der Waals surface area contributed by atoms with Gasteiger partial charge in [-0.15, -0.1) is 0 Å². The highest BCUT2D eigenvalue weighted by molar-refractivity contribution is 6.11. The van der Waals surface area contributed by atoms with Gasteiger partial charge in [-0.05, 0) is 43.4 Å². The normalized spacial score (nSPS) is 14.4. The van der Waals surface area contributed by atoms with Crippen LogP contribution in [0.4, 0.5) is 11.4 Å². The summed E-state index contributed by atoms with van der Waals surface area (Å²) in [5, 5.41) is 10.7. The molecule has 168 valence electrons. The number of anilines is 2. The number of amides is 1. The van der Waals surface area contributed by atoms with E-state index in [-0.39, 0.29) is 5.91 Å². The molecule has 33 heavy (non-hydrogen) atoms. The SMILES string of the molecule is COc1ccncc1-c1cc2c(C(=O)Nc3ccc(N4CCN(C)CC4)cc3)n[nH]c2cn1. The summed E-state index contributed by atoms with van der Waals surface area (Å²) in [5.74, 6) is 0.371. The number of pyridine rings is 2. The lowest BCUT2D eigenvalue weighted by molar-refractivity contribution is 0.102. The number of nitrogens with one attached hydrogen (secondary N) is 2. The third kappa shape index (κ3) is 4.22. The van der Waals surface area contributed by atoms with E-state index in [4.69, 9.17) is 4.74 Å². The van der Waals surface area contributed by atoms with Gasteiger partial charge in [0.15, 0.2) is 5.69 Å². The maximum Gasteiger partial charge on any atom is 0.276 e. The third-order valence-electron chi connectivity index (χ3n) is 5.93. The smallest absolute Gasteiger partial charge is 0.276 e. The maximum atomic E-state index is 13.0. The van der Waals surface area contributed by atoms with Crippen molar-refractivity contribution in [3.8, 4) is 17.0 Å². The molecule has 0 saturated carbocycles. The Bertz CT molecular complexity index is 1280. The van der Waals surface area contributed by atoms with Crippen molar-refractivity contribution >= 4 is 28.2 Å². The van der Waals surface area contributed by atoms with Crippen LogP contribution < -0.4 is 15.0 Å². The zero-order chi connectivity index (χ0) is 22.8. The molecular formula is C24H25N7O2. The number of carbonyl (C=O) groups is 1. The second kappa shape index (κ2) is 8.87. The van der Waals surface area contributed by atoms with E-state index in [2.05, 4.69) is 42.3 Å². The van der Waals surface area contributed by atoms with Crippen molar-refractivity contribution in [2.45, 2.75) is 0 Å². The van der Waals surface area contributed by atoms with Crippen molar-refractivity contribution in [1.29, 1.82) is 0 Å². The molecule has 1 aromatic carbocycles. The van der Waals surface area contributed by atoms with Crippen LogP contribution in [0.25, 0.3) is 22.2 Å². The number of aromatic nitrogens is 4. The topological polar surface area (TPSA) is 99.3 Å². The molecule has 0 bridgehead atoms. The predicted molar refractivity (Wildman–Crippen MR) is 128 cm³/mol. The van der Waals surface area contributed by atoms with Gasteiger partial charge in [-0.2, -0.15) is 5.10 Å². The van der Waals surface area contributed by atoms with E-state index >= 15 is 0 Å². The van der Waals surface area contributed by atoms with E-state index in [1.807, 2.05) is 30.3 Å². The second-order valence-corrected chi connectivity index (χ2v) is 8.05. The minimum Gasteiger partial charge on any atom is -0.496 e. The Balaban J connectivity index is 1.36. The van der Waals surface area contributed by atoms with Gasteiger partial charge < -0.3 is 19.9 Å². The summed E-state index contributed by atoms with van der Waals surface area (Å²) in [4.78, 5) is 26.3. The van der Waals surface area contributed by atoms with Crippen molar-refractivity contribution < 1.29 is 9.53 Å². The number of H-pyrrole nitrogens is 1. The van der Waals surface area contributed by atoms with E-state index in [0.717, 1.165) is 43.1 Å². The molecular weight excluding hydrogens is 418 g/mol.